The van der Waals surface area contributed by atoms with Gasteiger partial charge in [0, 0.05) is 17.6 Å². The Morgan fingerprint density at radius 3 is 2.79 bits per heavy atom. The molecule has 100 valence electrons. The van der Waals surface area contributed by atoms with Crippen molar-refractivity contribution in [2.45, 2.75) is 6.42 Å². The average molecular weight is 326 g/mol. The van der Waals surface area contributed by atoms with Gasteiger partial charge in [0.1, 0.15) is 12.2 Å². The normalized spacial score (nSPS) is 9.32. The van der Waals surface area contributed by atoms with Crippen LogP contribution in [-0.2, 0) is 9.59 Å². The first-order chi connectivity index (χ1) is 9.06. The number of nitrogens with one attached hydrogen (secondary N) is 2. The molecule has 0 bridgehead atoms. The number of carbonyl (C=O) groups is 2. The van der Waals surface area contributed by atoms with Gasteiger partial charge in [0.05, 0.1) is 11.8 Å². The topological polar surface area (TPSA) is 91.2 Å². The van der Waals surface area contributed by atoms with Crippen LogP contribution in [0.3, 0.4) is 0 Å². The number of hydrogen-bond donors (Lipinski definition) is 2. The predicted molar refractivity (Wildman–Crippen MR) is 72.6 cm³/mol. The van der Waals surface area contributed by atoms with E-state index in [2.05, 4.69) is 26.6 Å². The molecule has 0 radical (unpaired) electrons. The lowest BCUT2D eigenvalue weighted by molar-refractivity contribution is -0.122. The SMILES string of the molecule is CNC(=O)COc1ccc(Br)c(NC(=O)CC#N)c1. The monoisotopic (exact) mass is 325 g/mol. The Hall–Kier alpha value is -2.07. The molecule has 0 atom stereocenters. The highest BCUT2D eigenvalue weighted by atomic mass is 79.9. The minimum atomic E-state index is -0.411. The fourth-order valence-electron chi connectivity index (χ4n) is 1.18. The van der Waals surface area contributed by atoms with Crippen molar-refractivity contribution in [3.8, 4) is 11.8 Å². The molecule has 0 aliphatic carbocycles. The second-order valence-electron chi connectivity index (χ2n) is 3.49. The third-order valence-corrected chi connectivity index (χ3v) is 2.79. The van der Waals surface area contributed by atoms with Gasteiger partial charge >= 0.3 is 0 Å². The highest BCUT2D eigenvalue weighted by molar-refractivity contribution is 9.10. The molecule has 0 saturated heterocycles. The minimum absolute atomic E-state index is 0.107. The van der Waals surface area contributed by atoms with Crippen molar-refractivity contribution < 1.29 is 14.3 Å². The lowest BCUT2D eigenvalue weighted by Crippen LogP contribution is -2.24. The molecule has 6 nitrogen and oxygen atoms in total. The minimum Gasteiger partial charge on any atom is -0.484 e. The van der Waals surface area contributed by atoms with Crippen molar-refractivity contribution in [3.05, 3.63) is 22.7 Å². The maximum Gasteiger partial charge on any atom is 0.257 e. The first-order valence-electron chi connectivity index (χ1n) is 5.36. The maximum atomic E-state index is 11.3. The number of nitriles is 1. The molecule has 7 heteroatoms. The zero-order valence-electron chi connectivity index (χ0n) is 10.2. The van der Waals surface area contributed by atoms with Gasteiger partial charge in [-0.05, 0) is 28.1 Å². The summed E-state index contributed by atoms with van der Waals surface area (Å²) in [6.45, 7) is -0.107. The zero-order valence-corrected chi connectivity index (χ0v) is 11.8. The molecule has 19 heavy (non-hydrogen) atoms. The van der Waals surface area contributed by atoms with Crippen molar-refractivity contribution in [1.29, 1.82) is 5.26 Å². The maximum absolute atomic E-state index is 11.3. The molecule has 0 saturated carbocycles. The summed E-state index contributed by atoms with van der Waals surface area (Å²) in [6.07, 6.45) is -0.226. The molecule has 1 aromatic carbocycles. The molecule has 1 aromatic rings. The van der Waals surface area contributed by atoms with E-state index < -0.39 is 5.91 Å². The third-order valence-electron chi connectivity index (χ3n) is 2.10. The smallest absolute Gasteiger partial charge is 0.257 e. The third kappa shape index (κ3) is 4.97. The number of hydrogen-bond acceptors (Lipinski definition) is 4. The van der Waals surface area contributed by atoms with Crippen molar-refractivity contribution >= 4 is 33.4 Å². The molecule has 0 fully saturated rings. The molecular formula is C12H12BrN3O3. The molecule has 0 aliphatic rings. The largest absolute Gasteiger partial charge is 0.484 e. The molecule has 2 amide bonds. The number of nitrogens with zero attached hydrogens (tertiary/aromatic N) is 1. The average Bonchev–Trinajstić information content (AvgIpc) is 2.39. The number of amides is 2. The second kappa shape index (κ2) is 7.38. The van der Waals surface area contributed by atoms with E-state index in [0.717, 1.165) is 0 Å². The van der Waals surface area contributed by atoms with Crippen LogP contribution in [0.25, 0.3) is 0 Å². The van der Waals surface area contributed by atoms with Crippen LogP contribution in [0, 0.1) is 11.3 Å². The summed E-state index contributed by atoms with van der Waals surface area (Å²) in [5.74, 6) is -0.219. The van der Waals surface area contributed by atoms with Crippen LogP contribution in [0.5, 0.6) is 5.75 Å². The first-order valence-corrected chi connectivity index (χ1v) is 6.16. The van der Waals surface area contributed by atoms with Crippen LogP contribution in [0.2, 0.25) is 0 Å². The van der Waals surface area contributed by atoms with E-state index in [1.165, 1.54) is 7.05 Å². The number of likely N-dealkylation sites (N-methyl/N-ethyl adjacent to an activating group) is 1. The molecular weight excluding hydrogens is 314 g/mol. The predicted octanol–water partition coefficient (Wildman–Crippen LogP) is 1.43. The van der Waals surface area contributed by atoms with E-state index in [1.807, 2.05) is 0 Å². The quantitative estimate of drug-likeness (QED) is 0.856. The summed E-state index contributed by atoms with van der Waals surface area (Å²) in [6, 6.07) is 6.67. The fraction of sp³-hybridized carbons (Fsp3) is 0.250. The number of rotatable bonds is 5. The highest BCUT2D eigenvalue weighted by Crippen LogP contribution is 2.27. The number of carbonyl (C=O) groups excluding carboxylic acids is 2. The Bertz CT molecular complexity index is 525. The van der Waals surface area contributed by atoms with Gasteiger partial charge in [0.2, 0.25) is 5.91 Å². The Labute approximate surface area is 118 Å². The first kappa shape index (κ1) is 15.0. The molecule has 0 unspecified atom stereocenters. The van der Waals surface area contributed by atoms with Gasteiger partial charge < -0.3 is 15.4 Å². The van der Waals surface area contributed by atoms with Gasteiger partial charge in [-0.15, -0.1) is 0 Å². The molecule has 2 N–H and O–H groups in total. The van der Waals surface area contributed by atoms with Crippen LogP contribution in [0.15, 0.2) is 22.7 Å². The molecule has 0 aromatic heterocycles. The van der Waals surface area contributed by atoms with E-state index in [-0.39, 0.29) is 18.9 Å². The summed E-state index contributed by atoms with van der Waals surface area (Å²) in [5.41, 5.74) is 0.481. The Kier molecular flexibility index (Phi) is 5.82. The molecule has 0 heterocycles. The van der Waals surface area contributed by atoms with Gasteiger partial charge in [-0.25, -0.2) is 0 Å². The molecule has 1 rings (SSSR count). The summed E-state index contributed by atoms with van der Waals surface area (Å²) >= 11 is 3.27. The zero-order chi connectivity index (χ0) is 14.3. The fourth-order valence-corrected chi connectivity index (χ4v) is 1.52. The second-order valence-corrected chi connectivity index (χ2v) is 4.34. The van der Waals surface area contributed by atoms with Gasteiger partial charge in [-0.2, -0.15) is 5.26 Å². The van der Waals surface area contributed by atoms with Gasteiger partial charge in [0.15, 0.2) is 6.61 Å². The van der Waals surface area contributed by atoms with Crippen LogP contribution >= 0.6 is 15.9 Å². The Balaban J connectivity index is 2.74. The molecule has 0 spiro atoms. The van der Waals surface area contributed by atoms with Gasteiger partial charge in [-0.1, -0.05) is 0 Å². The molecule has 0 aliphatic heterocycles. The van der Waals surface area contributed by atoms with E-state index in [4.69, 9.17) is 10.00 Å². The van der Waals surface area contributed by atoms with Crippen LogP contribution in [-0.4, -0.2) is 25.5 Å². The number of halogens is 1. The van der Waals surface area contributed by atoms with E-state index in [1.54, 1.807) is 24.3 Å². The van der Waals surface area contributed by atoms with Crippen molar-refractivity contribution in [1.82, 2.24) is 5.32 Å². The van der Waals surface area contributed by atoms with Crippen molar-refractivity contribution in [2.75, 3.05) is 19.0 Å². The number of ether oxygens (including phenoxy) is 1. The van der Waals surface area contributed by atoms with Crippen molar-refractivity contribution in [3.63, 3.8) is 0 Å². The van der Waals surface area contributed by atoms with Crippen LogP contribution in [0.1, 0.15) is 6.42 Å². The summed E-state index contributed by atoms with van der Waals surface area (Å²) in [4.78, 5) is 22.4. The van der Waals surface area contributed by atoms with Gasteiger partial charge in [0.25, 0.3) is 5.91 Å². The number of anilines is 1. The van der Waals surface area contributed by atoms with Crippen LogP contribution < -0.4 is 15.4 Å². The summed E-state index contributed by atoms with van der Waals surface area (Å²) < 4.78 is 5.91. The lowest BCUT2D eigenvalue weighted by atomic mass is 10.3. The summed E-state index contributed by atoms with van der Waals surface area (Å²) in [5, 5.41) is 13.4. The van der Waals surface area contributed by atoms with E-state index in [0.29, 0.717) is 15.9 Å². The van der Waals surface area contributed by atoms with E-state index >= 15 is 0 Å². The summed E-state index contributed by atoms with van der Waals surface area (Å²) in [7, 11) is 1.51. The standard InChI is InChI=1S/C12H12BrN3O3/c1-15-12(18)7-19-8-2-3-9(13)10(6-8)16-11(17)4-5-14/h2-3,6H,4,7H2,1H3,(H,15,18)(H,16,17). The van der Waals surface area contributed by atoms with Crippen molar-refractivity contribution in [2.24, 2.45) is 0 Å². The van der Waals surface area contributed by atoms with E-state index in [9.17, 15) is 9.59 Å². The lowest BCUT2D eigenvalue weighted by Gasteiger charge is -2.09. The van der Waals surface area contributed by atoms with Gasteiger partial charge in [-0.3, -0.25) is 9.59 Å². The Morgan fingerprint density at radius 1 is 1.42 bits per heavy atom. The number of benzene rings is 1. The Morgan fingerprint density at radius 2 is 2.16 bits per heavy atom. The highest BCUT2D eigenvalue weighted by Gasteiger charge is 2.07. The van der Waals surface area contributed by atoms with Crippen LogP contribution in [0.4, 0.5) is 5.69 Å².